The highest BCUT2D eigenvalue weighted by atomic mass is 31.2. The van der Waals surface area contributed by atoms with Crippen LogP contribution in [0.5, 0.6) is 0 Å². The predicted octanol–water partition coefficient (Wildman–Crippen LogP) is 3.86. The van der Waals surface area contributed by atoms with Crippen molar-refractivity contribution in [2.75, 3.05) is 0 Å². The summed E-state index contributed by atoms with van der Waals surface area (Å²) in [6.45, 7) is 0. The molecular weight excluding hydrogens is 382 g/mol. The summed E-state index contributed by atoms with van der Waals surface area (Å²) in [5.41, 5.74) is 0. The molecule has 0 unspecified atom stereocenters. The van der Waals surface area contributed by atoms with Crippen molar-refractivity contribution < 1.29 is 9.46 Å². The molecule has 4 heteroatoms. The van der Waals surface area contributed by atoms with E-state index >= 15 is 0 Å². The first kappa shape index (κ1) is 20.1. The molecule has 4 aromatic carbocycles. The molecule has 0 spiro atoms. The molecule has 0 radical (unpaired) electrons. The van der Waals surface area contributed by atoms with Crippen molar-refractivity contribution in [2.45, 2.75) is 0 Å². The Hall–Kier alpha value is -2.63. The highest BCUT2D eigenvalue weighted by Crippen LogP contribution is 2.53. The lowest BCUT2D eigenvalue weighted by atomic mass is 10.3. The van der Waals surface area contributed by atoms with Crippen LogP contribution < -0.4 is 26.1 Å². The molecule has 0 aliphatic heterocycles. The zero-order valence-corrected chi connectivity index (χ0v) is 17.0. The Morgan fingerprint density at radius 2 is 0.643 bits per heavy atom. The molecule has 0 heterocycles. The van der Waals surface area contributed by atoms with Gasteiger partial charge in [-0.1, -0.05) is 72.8 Å². The van der Waals surface area contributed by atoms with E-state index < -0.39 is 15.9 Å². The smallest absolute Gasteiger partial charge is 0.144 e. The normalized spacial score (nSPS) is 10.8. The van der Waals surface area contributed by atoms with Gasteiger partial charge in [-0.3, -0.25) is 4.57 Å². The van der Waals surface area contributed by atoms with Gasteiger partial charge in [-0.05, 0) is 48.5 Å². The third-order valence-corrected chi connectivity index (χ3v) is 8.86. The SMILES string of the molecule is O=P[O-].c1ccc([P+](c2ccccc2)(c2ccccc2)c2ccccc2)cc1. The maximum Gasteiger partial charge on any atom is 0.144 e. The van der Waals surface area contributed by atoms with E-state index in [-0.39, 0.29) is 0 Å². The fourth-order valence-corrected chi connectivity index (χ4v) is 7.77. The summed E-state index contributed by atoms with van der Waals surface area (Å²) in [5.74, 6) is 0. The van der Waals surface area contributed by atoms with Crippen LogP contribution in [0.15, 0.2) is 121 Å². The number of hydrogen-bond donors (Lipinski definition) is 0. The van der Waals surface area contributed by atoms with Crippen LogP contribution in [0.4, 0.5) is 0 Å². The van der Waals surface area contributed by atoms with Gasteiger partial charge in [0.2, 0.25) is 0 Å². The van der Waals surface area contributed by atoms with Gasteiger partial charge in [0.1, 0.15) is 28.5 Å². The van der Waals surface area contributed by atoms with Gasteiger partial charge in [-0.25, -0.2) is 0 Å². The highest BCUT2D eigenvalue weighted by Gasteiger charge is 2.47. The molecule has 4 rings (SSSR count). The van der Waals surface area contributed by atoms with Crippen LogP contribution in [0.25, 0.3) is 0 Å². The Bertz CT molecular complexity index is 813. The second-order valence-electron chi connectivity index (χ2n) is 6.09. The van der Waals surface area contributed by atoms with Crippen molar-refractivity contribution in [1.82, 2.24) is 0 Å². The molecule has 0 aliphatic carbocycles. The van der Waals surface area contributed by atoms with Crippen molar-refractivity contribution in [3.63, 3.8) is 0 Å². The van der Waals surface area contributed by atoms with Gasteiger partial charge in [0.05, 0.1) is 8.69 Å². The van der Waals surface area contributed by atoms with E-state index in [0.717, 1.165) is 0 Å². The number of hydrogen-bond acceptors (Lipinski definition) is 2. The third kappa shape index (κ3) is 4.11. The van der Waals surface area contributed by atoms with E-state index in [1.54, 1.807) is 0 Å². The van der Waals surface area contributed by atoms with E-state index in [4.69, 9.17) is 9.46 Å². The monoisotopic (exact) mass is 402 g/mol. The summed E-state index contributed by atoms with van der Waals surface area (Å²) < 4.78 is 8.35. The molecule has 0 fully saturated rings. The summed E-state index contributed by atoms with van der Waals surface area (Å²) in [5, 5.41) is 5.55. The van der Waals surface area contributed by atoms with E-state index in [1.807, 2.05) is 0 Å². The number of rotatable bonds is 4. The molecule has 0 atom stereocenters. The summed E-state index contributed by atoms with van der Waals surface area (Å²) in [4.78, 5) is 8.35. The van der Waals surface area contributed by atoms with Gasteiger partial charge in [0, 0.05) is 0 Å². The van der Waals surface area contributed by atoms with Crippen LogP contribution in [0.2, 0.25) is 0 Å². The zero-order chi connectivity index (χ0) is 19.7. The first-order valence-electron chi connectivity index (χ1n) is 8.90. The number of benzene rings is 4. The molecule has 138 valence electrons. The topological polar surface area (TPSA) is 40.1 Å². The maximum absolute atomic E-state index is 8.35. The van der Waals surface area contributed by atoms with Crippen LogP contribution in [-0.4, -0.2) is 0 Å². The lowest BCUT2D eigenvalue weighted by molar-refractivity contribution is -0.154. The maximum atomic E-state index is 8.35. The fraction of sp³-hybridized carbons (Fsp3) is 0. The minimum atomic E-state index is -1.91. The van der Waals surface area contributed by atoms with Gasteiger partial charge in [-0.15, -0.1) is 0 Å². The molecule has 28 heavy (non-hydrogen) atoms. The Labute approximate surface area is 168 Å². The minimum absolute atomic E-state index is 1.08. The average Bonchev–Trinajstić information content (AvgIpc) is 2.78. The first-order chi connectivity index (χ1) is 13.8. The van der Waals surface area contributed by atoms with Crippen molar-refractivity contribution in [1.29, 1.82) is 0 Å². The second kappa shape index (κ2) is 10.1. The summed E-state index contributed by atoms with van der Waals surface area (Å²) in [6.07, 6.45) is 0. The molecule has 0 aromatic heterocycles. The Morgan fingerprint density at radius 3 is 0.821 bits per heavy atom. The van der Waals surface area contributed by atoms with E-state index in [2.05, 4.69) is 121 Å². The first-order valence-corrected chi connectivity index (χ1v) is 11.4. The lowest BCUT2D eigenvalue weighted by Crippen LogP contribution is -2.38. The highest BCUT2D eigenvalue weighted by molar-refractivity contribution is 8.01. The van der Waals surface area contributed by atoms with E-state index in [9.17, 15) is 0 Å². The van der Waals surface area contributed by atoms with E-state index in [1.165, 1.54) is 21.2 Å². The molecule has 0 bridgehead atoms. The minimum Gasteiger partial charge on any atom is -0.772 e. The van der Waals surface area contributed by atoms with Gasteiger partial charge < -0.3 is 4.89 Å². The van der Waals surface area contributed by atoms with Gasteiger partial charge in [0.15, 0.2) is 0 Å². The quantitative estimate of drug-likeness (QED) is 0.487. The molecule has 0 N–H and O–H groups in total. The largest absolute Gasteiger partial charge is 0.772 e. The van der Waals surface area contributed by atoms with Gasteiger partial charge in [0.25, 0.3) is 0 Å². The zero-order valence-electron chi connectivity index (χ0n) is 15.3. The third-order valence-electron chi connectivity index (χ3n) is 4.57. The molecule has 0 saturated carbocycles. The summed E-state index contributed by atoms with van der Waals surface area (Å²) in [7, 11) is -2.99. The standard InChI is InChI=1S/C24H20P.HO2P/c1-5-13-21(14-6-1)25(22-15-7-2-8-16-22,23-17-9-3-10-18-23)24-19-11-4-12-20-24;1-3-2/h1-20H;(H,1,2)/q+1;/p-1. The molecule has 0 saturated heterocycles. The molecule has 2 nitrogen and oxygen atoms in total. The van der Waals surface area contributed by atoms with Crippen molar-refractivity contribution in [2.24, 2.45) is 0 Å². The van der Waals surface area contributed by atoms with Crippen molar-refractivity contribution in [3.05, 3.63) is 121 Å². The van der Waals surface area contributed by atoms with Crippen LogP contribution >= 0.6 is 15.9 Å². The summed E-state index contributed by atoms with van der Waals surface area (Å²) >= 11 is 0. The van der Waals surface area contributed by atoms with Crippen molar-refractivity contribution in [3.8, 4) is 0 Å². The van der Waals surface area contributed by atoms with Crippen LogP contribution in [-0.2, 0) is 4.57 Å². The van der Waals surface area contributed by atoms with Gasteiger partial charge >= 0.3 is 0 Å². The molecular formula is C24H20O2P2. The summed E-state index contributed by atoms with van der Waals surface area (Å²) in [6, 6.07) is 43.8. The molecule has 0 aliphatic rings. The van der Waals surface area contributed by atoms with E-state index in [0.29, 0.717) is 0 Å². The van der Waals surface area contributed by atoms with Crippen molar-refractivity contribution >= 4 is 37.2 Å². The van der Waals surface area contributed by atoms with Gasteiger partial charge in [-0.2, -0.15) is 0 Å². The Morgan fingerprint density at radius 1 is 0.464 bits per heavy atom. The Balaban J connectivity index is 0.000000706. The molecule has 0 amide bonds. The lowest BCUT2D eigenvalue weighted by Gasteiger charge is -2.27. The fourth-order valence-electron chi connectivity index (χ4n) is 3.50. The molecule has 4 aromatic rings. The average molecular weight is 402 g/mol. The second-order valence-corrected chi connectivity index (χ2v) is 9.64. The van der Waals surface area contributed by atoms with Crippen LogP contribution in [0.3, 0.4) is 0 Å². The van der Waals surface area contributed by atoms with Crippen LogP contribution in [0.1, 0.15) is 0 Å². The van der Waals surface area contributed by atoms with Crippen LogP contribution in [0, 0.1) is 0 Å². The predicted molar refractivity (Wildman–Crippen MR) is 119 cm³/mol. The Kier molecular flexibility index (Phi) is 7.23.